The number of carboxylic acid groups (broad SMARTS) is 1. The number of hydrogen-bond donors (Lipinski definition) is 4. The summed E-state index contributed by atoms with van der Waals surface area (Å²) in [6, 6.07) is 7.88. The SMILES string of the molecule is CCN(C)C(=O)COCCNC(=O)C(CC(C)C)NC(=O)CC(Cc1ccccc1)NC(=O)O. The Morgan fingerprint density at radius 2 is 1.76 bits per heavy atom. The molecule has 4 amide bonds. The minimum Gasteiger partial charge on any atom is -0.465 e. The maximum atomic E-state index is 12.7. The van der Waals surface area contributed by atoms with Crippen LogP contribution in [-0.4, -0.2) is 79.3 Å². The van der Waals surface area contributed by atoms with Crippen molar-refractivity contribution in [1.82, 2.24) is 20.9 Å². The standard InChI is InChI=1S/C24H38N4O6/c1-5-28(4)22(30)16-34-12-11-25-23(31)20(13-17(2)3)27-21(29)15-19(26-24(32)33)14-18-9-7-6-8-10-18/h6-10,17,19-20,26H,5,11-16H2,1-4H3,(H,25,31)(H,27,29)(H,32,33). The van der Waals surface area contributed by atoms with Crippen LogP contribution in [0.15, 0.2) is 30.3 Å². The molecule has 0 aliphatic rings. The second kappa shape index (κ2) is 15.7. The average molecular weight is 479 g/mol. The highest BCUT2D eigenvalue weighted by atomic mass is 16.5. The van der Waals surface area contributed by atoms with Crippen molar-refractivity contribution >= 4 is 23.8 Å². The van der Waals surface area contributed by atoms with E-state index in [1.807, 2.05) is 51.1 Å². The van der Waals surface area contributed by atoms with E-state index in [0.717, 1.165) is 5.56 Å². The molecule has 0 aromatic heterocycles. The highest BCUT2D eigenvalue weighted by Crippen LogP contribution is 2.09. The number of ether oxygens (including phenoxy) is 1. The largest absolute Gasteiger partial charge is 0.465 e. The summed E-state index contributed by atoms with van der Waals surface area (Å²) in [5.41, 5.74) is 0.897. The van der Waals surface area contributed by atoms with E-state index < -0.39 is 24.1 Å². The predicted octanol–water partition coefficient (Wildman–Crippen LogP) is 1.40. The molecule has 0 aliphatic carbocycles. The van der Waals surface area contributed by atoms with Crippen molar-refractivity contribution in [3.63, 3.8) is 0 Å². The van der Waals surface area contributed by atoms with Crippen LogP contribution in [-0.2, 0) is 25.5 Å². The van der Waals surface area contributed by atoms with E-state index in [4.69, 9.17) is 9.84 Å². The Morgan fingerprint density at radius 1 is 1.09 bits per heavy atom. The number of nitrogens with one attached hydrogen (secondary N) is 3. The third-order valence-corrected chi connectivity index (χ3v) is 5.11. The molecule has 34 heavy (non-hydrogen) atoms. The van der Waals surface area contributed by atoms with Crippen LogP contribution in [0.4, 0.5) is 4.79 Å². The minimum atomic E-state index is -1.21. The number of nitrogens with zero attached hydrogens (tertiary/aromatic N) is 1. The fourth-order valence-corrected chi connectivity index (χ4v) is 3.24. The van der Waals surface area contributed by atoms with Crippen LogP contribution in [0.2, 0.25) is 0 Å². The van der Waals surface area contributed by atoms with E-state index in [2.05, 4.69) is 16.0 Å². The van der Waals surface area contributed by atoms with E-state index >= 15 is 0 Å². The van der Waals surface area contributed by atoms with Gasteiger partial charge in [-0.2, -0.15) is 0 Å². The van der Waals surface area contributed by atoms with Crippen molar-refractivity contribution in [2.45, 2.75) is 52.1 Å². The van der Waals surface area contributed by atoms with Crippen LogP contribution in [0, 0.1) is 5.92 Å². The Labute approximate surface area is 201 Å². The number of carbonyl (C=O) groups excluding carboxylic acids is 3. The van der Waals surface area contributed by atoms with Gasteiger partial charge in [0, 0.05) is 32.6 Å². The summed E-state index contributed by atoms with van der Waals surface area (Å²) in [7, 11) is 1.68. The number of amides is 4. The molecule has 0 bridgehead atoms. The molecule has 190 valence electrons. The van der Waals surface area contributed by atoms with Crippen molar-refractivity contribution < 1.29 is 29.0 Å². The first-order chi connectivity index (χ1) is 16.1. The third-order valence-electron chi connectivity index (χ3n) is 5.11. The smallest absolute Gasteiger partial charge is 0.404 e. The summed E-state index contributed by atoms with van der Waals surface area (Å²) in [4.78, 5) is 49.8. The molecule has 0 fully saturated rings. The van der Waals surface area contributed by atoms with Crippen LogP contribution in [0.25, 0.3) is 0 Å². The minimum absolute atomic E-state index is 0.0637. The molecule has 1 aromatic rings. The Morgan fingerprint density at radius 3 is 2.35 bits per heavy atom. The number of carbonyl (C=O) groups is 4. The van der Waals surface area contributed by atoms with Gasteiger partial charge in [-0.1, -0.05) is 44.2 Å². The summed E-state index contributed by atoms with van der Waals surface area (Å²) < 4.78 is 5.30. The highest BCUT2D eigenvalue weighted by molar-refractivity contribution is 5.88. The van der Waals surface area contributed by atoms with Gasteiger partial charge in [0.2, 0.25) is 17.7 Å². The molecule has 1 rings (SSSR count). The maximum absolute atomic E-state index is 12.7. The topological polar surface area (TPSA) is 137 Å². The number of hydrogen-bond acceptors (Lipinski definition) is 5. The molecule has 10 nitrogen and oxygen atoms in total. The number of rotatable bonds is 15. The molecule has 0 radical (unpaired) electrons. The molecule has 1 aromatic carbocycles. The summed E-state index contributed by atoms with van der Waals surface area (Å²) in [6.45, 7) is 6.63. The van der Waals surface area contributed by atoms with Crippen LogP contribution in [0.3, 0.4) is 0 Å². The lowest BCUT2D eigenvalue weighted by Gasteiger charge is -2.22. The molecule has 0 spiro atoms. The van der Waals surface area contributed by atoms with E-state index in [9.17, 15) is 19.2 Å². The van der Waals surface area contributed by atoms with Crippen LogP contribution >= 0.6 is 0 Å². The van der Waals surface area contributed by atoms with Gasteiger partial charge in [0.1, 0.15) is 12.6 Å². The second-order valence-corrected chi connectivity index (χ2v) is 8.54. The van der Waals surface area contributed by atoms with Crippen molar-refractivity contribution in [1.29, 1.82) is 0 Å². The van der Waals surface area contributed by atoms with E-state index in [1.165, 1.54) is 4.90 Å². The molecule has 4 N–H and O–H groups in total. The van der Waals surface area contributed by atoms with Crippen LogP contribution in [0.1, 0.15) is 39.2 Å². The molecule has 0 saturated carbocycles. The Hall–Kier alpha value is -3.14. The third kappa shape index (κ3) is 12.2. The summed E-state index contributed by atoms with van der Waals surface area (Å²) >= 11 is 0. The van der Waals surface area contributed by atoms with Gasteiger partial charge >= 0.3 is 6.09 Å². The molecular formula is C24H38N4O6. The van der Waals surface area contributed by atoms with Crippen molar-refractivity contribution in [2.24, 2.45) is 5.92 Å². The monoisotopic (exact) mass is 478 g/mol. The first kappa shape index (κ1) is 28.9. The van der Waals surface area contributed by atoms with Gasteiger partial charge in [0.05, 0.1) is 6.61 Å². The van der Waals surface area contributed by atoms with E-state index in [1.54, 1.807) is 7.05 Å². The number of benzene rings is 1. The molecule has 0 aliphatic heterocycles. The maximum Gasteiger partial charge on any atom is 0.404 e. The molecule has 0 saturated heterocycles. The van der Waals surface area contributed by atoms with Gasteiger partial charge in [-0.15, -0.1) is 0 Å². The van der Waals surface area contributed by atoms with Gasteiger partial charge in [-0.3, -0.25) is 14.4 Å². The van der Waals surface area contributed by atoms with Gasteiger partial charge in [-0.25, -0.2) is 4.79 Å². The Kier molecular flexibility index (Phi) is 13.3. The molecule has 2 unspecified atom stereocenters. The van der Waals surface area contributed by atoms with Crippen LogP contribution in [0.5, 0.6) is 0 Å². The Balaban J connectivity index is 2.60. The fraction of sp³-hybridized carbons (Fsp3) is 0.583. The lowest BCUT2D eigenvalue weighted by Crippen LogP contribution is -2.49. The summed E-state index contributed by atoms with van der Waals surface area (Å²) in [5, 5.41) is 17.0. The van der Waals surface area contributed by atoms with Crippen molar-refractivity contribution in [2.75, 3.05) is 33.4 Å². The average Bonchev–Trinajstić information content (AvgIpc) is 2.77. The quantitative estimate of drug-likeness (QED) is 0.281. The summed E-state index contributed by atoms with van der Waals surface area (Å²) in [5.74, 6) is -0.765. The normalized spacial score (nSPS) is 12.5. The number of likely N-dealkylation sites (N-methyl/N-ethyl adjacent to an activating group) is 1. The zero-order chi connectivity index (χ0) is 25.5. The zero-order valence-electron chi connectivity index (χ0n) is 20.5. The fourth-order valence-electron chi connectivity index (χ4n) is 3.24. The van der Waals surface area contributed by atoms with Gasteiger partial charge in [0.15, 0.2) is 0 Å². The van der Waals surface area contributed by atoms with Gasteiger partial charge in [-0.05, 0) is 31.2 Å². The highest BCUT2D eigenvalue weighted by Gasteiger charge is 2.24. The first-order valence-corrected chi connectivity index (χ1v) is 11.5. The van der Waals surface area contributed by atoms with E-state index in [0.29, 0.717) is 19.4 Å². The lowest BCUT2D eigenvalue weighted by atomic mass is 10.0. The predicted molar refractivity (Wildman–Crippen MR) is 128 cm³/mol. The molecule has 2 atom stereocenters. The zero-order valence-corrected chi connectivity index (χ0v) is 20.5. The van der Waals surface area contributed by atoms with Gasteiger partial charge in [0.25, 0.3) is 0 Å². The summed E-state index contributed by atoms with van der Waals surface area (Å²) in [6.07, 6.45) is -0.535. The molecule has 0 heterocycles. The lowest BCUT2D eigenvalue weighted by molar-refractivity contribution is -0.134. The van der Waals surface area contributed by atoms with Gasteiger partial charge < -0.3 is 30.7 Å². The van der Waals surface area contributed by atoms with Crippen molar-refractivity contribution in [3.05, 3.63) is 35.9 Å². The van der Waals surface area contributed by atoms with Crippen LogP contribution < -0.4 is 16.0 Å². The van der Waals surface area contributed by atoms with Crippen molar-refractivity contribution in [3.8, 4) is 0 Å². The Bertz CT molecular complexity index is 787. The molecule has 10 heteroatoms. The molecular weight excluding hydrogens is 440 g/mol. The van der Waals surface area contributed by atoms with E-state index in [-0.39, 0.29) is 43.9 Å². The first-order valence-electron chi connectivity index (χ1n) is 11.5. The second-order valence-electron chi connectivity index (χ2n) is 8.54.